The number of alkyl halides is 6. The van der Waals surface area contributed by atoms with Crippen molar-refractivity contribution in [3.05, 3.63) is 84.1 Å². The number of hydrogen-bond donors (Lipinski definition) is 2. The Bertz CT molecular complexity index is 1400. The summed E-state index contributed by atoms with van der Waals surface area (Å²) in [4.78, 5) is 20.0. The van der Waals surface area contributed by atoms with Crippen molar-refractivity contribution in [1.82, 2.24) is 15.2 Å². The van der Waals surface area contributed by atoms with Crippen LogP contribution in [0.25, 0.3) is 10.9 Å². The first-order valence-electron chi connectivity index (χ1n) is 12.9. The molecule has 4 heterocycles. The highest BCUT2D eigenvalue weighted by molar-refractivity contribution is 5.91. The number of nitrogens with zero attached hydrogens (tertiary/aromatic N) is 2. The van der Waals surface area contributed by atoms with E-state index >= 15 is 0 Å². The van der Waals surface area contributed by atoms with Crippen molar-refractivity contribution in [3.63, 3.8) is 0 Å². The molecular weight excluding hydrogens is 534 g/mol. The smallest absolute Gasteiger partial charge is 0.329 e. The van der Waals surface area contributed by atoms with Crippen molar-refractivity contribution < 1.29 is 31.1 Å². The molecule has 40 heavy (non-hydrogen) atoms. The third-order valence-electron chi connectivity index (χ3n) is 8.24. The molecule has 0 saturated carbocycles. The third-order valence-corrected chi connectivity index (χ3v) is 8.24. The highest BCUT2D eigenvalue weighted by Gasteiger charge is 2.51. The van der Waals surface area contributed by atoms with Gasteiger partial charge in [0.05, 0.1) is 22.7 Å². The SMILES string of the molecule is C=C[C@@H]1CN2CC[C@H]1C[C@@]2(C)[C@@H](NC(=O)Nc1cc(C(F)(F)F)cc(C(F)(F)F)c1)c1ccnc2ccccc12. The van der Waals surface area contributed by atoms with Crippen molar-refractivity contribution in [1.29, 1.82) is 0 Å². The number of nitrogens with one attached hydrogen (secondary N) is 2. The van der Waals surface area contributed by atoms with Gasteiger partial charge in [-0.3, -0.25) is 9.88 Å². The number of fused-ring (bicyclic) bond motifs is 4. The molecule has 2 bridgehead atoms. The van der Waals surface area contributed by atoms with Crippen molar-refractivity contribution in [2.24, 2.45) is 11.8 Å². The fourth-order valence-electron chi connectivity index (χ4n) is 6.24. The number of anilines is 1. The summed E-state index contributed by atoms with van der Waals surface area (Å²) in [6, 6.07) is 8.63. The molecule has 3 aromatic rings. The Labute approximate surface area is 227 Å². The fraction of sp³-hybridized carbons (Fsp3) is 0.379. The van der Waals surface area contributed by atoms with E-state index in [0.717, 1.165) is 30.5 Å². The average molecular weight is 563 g/mol. The first-order valence-corrected chi connectivity index (χ1v) is 12.9. The van der Waals surface area contributed by atoms with Gasteiger partial charge in [-0.15, -0.1) is 6.58 Å². The molecule has 3 aliphatic rings. The largest absolute Gasteiger partial charge is 0.416 e. The molecule has 1 aromatic heterocycles. The van der Waals surface area contributed by atoms with Crippen LogP contribution in [0.1, 0.15) is 42.5 Å². The van der Waals surface area contributed by atoms with Gasteiger partial charge in [0.1, 0.15) is 0 Å². The molecule has 3 fully saturated rings. The van der Waals surface area contributed by atoms with Gasteiger partial charge in [-0.25, -0.2) is 4.79 Å². The van der Waals surface area contributed by atoms with Crippen LogP contribution in [0.2, 0.25) is 0 Å². The van der Waals surface area contributed by atoms with E-state index in [4.69, 9.17) is 0 Å². The molecule has 3 aliphatic heterocycles. The van der Waals surface area contributed by atoms with E-state index in [2.05, 4.69) is 27.1 Å². The number of aromatic nitrogens is 1. The second-order valence-electron chi connectivity index (χ2n) is 10.7. The quantitative estimate of drug-likeness (QED) is 0.251. The minimum Gasteiger partial charge on any atom is -0.329 e. The fourth-order valence-corrected chi connectivity index (χ4v) is 6.24. The van der Waals surface area contributed by atoms with Gasteiger partial charge in [0, 0.05) is 29.4 Å². The predicted octanol–water partition coefficient (Wildman–Crippen LogP) is 7.42. The summed E-state index contributed by atoms with van der Waals surface area (Å²) in [5.74, 6) is 0.613. The summed E-state index contributed by atoms with van der Waals surface area (Å²) in [5, 5.41) is 5.94. The maximum atomic E-state index is 13.4. The van der Waals surface area contributed by atoms with Gasteiger partial charge in [-0.1, -0.05) is 24.3 Å². The lowest BCUT2D eigenvalue weighted by Gasteiger charge is -2.58. The highest BCUT2D eigenvalue weighted by Crippen LogP contribution is 2.49. The monoisotopic (exact) mass is 562 g/mol. The molecule has 1 unspecified atom stereocenters. The maximum absolute atomic E-state index is 13.4. The van der Waals surface area contributed by atoms with Crippen LogP contribution in [0.5, 0.6) is 0 Å². The van der Waals surface area contributed by atoms with E-state index in [-0.39, 0.29) is 12.0 Å². The van der Waals surface area contributed by atoms with E-state index in [1.54, 1.807) is 12.3 Å². The number of piperidine rings is 3. The molecular formula is C29H28F6N4O. The second kappa shape index (κ2) is 10.1. The number of halogens is 6. The minimum atomic E-state index is -5.03. The molecule has 2 aromatic carbocycles. The number of pyridine rings is 1. The molecule has 5 atom stereocenters. The number of carbonyl (C=O) groups excluding carboxylic acids is 1. The van der Waals surface area contributed by atoms with Crippen molar-refractivity contribution in [3.8, 4) is 0 Å². The van der Waals surface area contributed by atoms with Gasteiger partial charge in [0.15, 0.2) is 0 Å². The summed E-state index contributed by atoms with van der Waals surface area (Å²) >= 11 is 0. The molecule has 6 rings (SSSR count). The lowest BCUT2D eigenvalue weighted by Crippen LogP contribution is -2.65. The van der Waals surface area contributed by atoms with Crippen LogP contribution in [0.15, 0.2) is 67.4 Å². The van der Waals surface area contributed by atoms with Crippen LogP contribution in [0.4, 0.5) is 36.8 Å². The number of benzene rings is 2. The number of carbonyl (C=O) groups is 1. The Hall–Kier alpha value is -3.60. The van der Waals surface area contributed by atoms with Crippen LogP contribution in [-0.2, 0) is 12.4 Å². The van der Waals surface area contributed by atoms with E-state index in [1.807, 2.05) is 37.3 Å². The summed E-state index contributed by atoms with van der Waals surface area (Å²) < 4.78 is 80.3. The van der Waals surface area contributed by atoms with Crippen molar-refractivity contribution >= 4 is 22.6 Å². The average Bonchev–Trinajstić information content (AvgIpc) is 2.90. The number of hydrogen-bond acceptors (Lipinski definition) is 3. The Morgan fingerprint density at radius 2 is 1.77 bits per heavy atom. The molecule has 3 saturated heterocycles. The summed E-state index contributed by atoms with van der Waals surface area (Å²) in [5.41, 5.74) is -2.76. The first kappa shape index (κ1) is 27.9. The summed E-state index contributed by atoms with van der Waals surface area (Å²) in [7, 11) is 0. The standard InChI is InChI=1S/C29H28F6N4O/c1-3-17-16-39-11-9-18(17)15-27(39,2)25(23-8-10-36-24-7-5-4-6-22(23)24)38-26(40)37-21-13-19(28(30,31)32)12-20(14-21)29(33,34)35/h3-8,10,12-14,17-18,25H,1,9,11,15-16H2,2H3,(H2,37,38,40)/t17-,18+,25+,27+/m1/s1. The topological polar surface area (TPSA) is 57.3 Å². The van der Waals surface area contributed by atoms with Gasteiger partial charge in [0.2, 0.25) is 0 Å². The zero-order valence-electron chi connectivity index (χ0n) is 21.6. The van der Waals surface area contributed by atoms with Crippen LogP contribution >= 0.6 is 0 Å². The van der Waals surface area contributed by atoms with E-state index in [0.29, 0.717) is 30.0 Å². The van der Waals surface area contributed by atoms with Crippen molar-refractivity contribution in [2.45, 2.75) is 43.7 Å². The van der Waals surface area contributed by atoms with Gasteiger partial charge >= 0.3 is 18.4 Å². The molecule has 0 aliphatic carbocycles. The van der Waals surface area contributed by atoms with E-state index in [9.17, 15) is 31.1 Å². The molecule has 11 heteroatoms. The molecule has 2 N–H and O–H groups in total. The Balaban J connectivity index is 1.52. The molecule has 0 radical (unpaired) electrons. The Kier molecular flexibility index (Phi) is 7.06. The Morgan fingerprint density at radius 3 is 2.38 bits per heavy atom. The molecule has 2 amide bonds. The third kappa shape index (κ3) is 5.26. The zero-order valence-corrected chi connectivity index (χ0v) is 21.6. The molecule has 212 valence electrons. The van der Waals surface area contributed by atoms with E-state index in [1.165, 1.54) is 0 Å². The second-order valence-corrected chi connectivity index (χ2v) is 10.7. The van der Waals surface area contributed by atoms with Crippen LogP contribution in [-0.4, -0.2) is 34.5 Å². The Morgan fingerprint density at radius 1 is 1.10 bits per heavy atom. The molecule has 5 nitrogen and oxygen atoms in total. The number of amides is 2. The number of urea groups is 1. The van der Waals surface area contributed by atoms with Gasteiger partial charge < -0.3 is 10.6 Å². The summed E-state index contributed by atoms with van der Waals surface area (Å²) in [6.45, 7) is 7.52. The van der Waals surface area contributed by atoms with Crippen LogP contribution in [0, 0.1) is 11.8 Å². The van der Waals surface area contributed by atoms with Gasteiger partial charge in [0.25, 0.3) is 0 Å². The lowest BCUT2D eigenvalue weighted by atomic mass is 9.66. The van der Waals surface area contributed by atoms with Crippen LogP contribution < -0.4 is 10.6 Å². The number of para-hydroxylation sites is 1. The normalized spacial score (nSPS) is 25.4. The van der Waals surface area contributed by atoms with Crippen LogP contribution in [0.3, 0.4) is 0 Å². The van der Waals surface area contributed by atoms with E-state index < -0.39 is 46.8 Å². The first-order chi connectivity index (χ1) is 18.8. The van der Waals surface area contributed by atoms with Gasteiger partial charge in [-0.2, -0.15) is 26.3 Å². The predicted molar refractivity (Wildman–Crippen MR) is 139 cm³/mol. The minimum absolute atomic E-state index is 0.0259. The lowest BCUT2D eigenvalue weighted by molar-refractivity contribution is -0.143. The zero-order chi connectivity index (χ0) is 28.9. The highest BCUT2D eigenvalue weighted by atomic mass is 19.4. The van der Waals surface area contributed by atoms with Crippen molar-refractivity contribution in [2.75, 3.05) is 18.4 Å². The van der Waals surface area contributed by atoms with Gasteiger partial charge in [-0.05, 0) is 74.0 Å². The number of rotatable bonds is 5. The summed E-state index contributed by atoms with van der Waals surface area (Å²) in [6.07, 6.45) is -4.81. The molecule has 0 spiro atoms. The maximum Gasteiger partial charge on any atom is 0.416 e.